The molecule has 4 nitrogen and oxygen atoms in total. The summed E-state index contributed by atoms with van der Waals surface area (Å²) in [7, 11) is 0. The van der Waals surface area contributed by atoms with E-state index in [-0.39, 0.29) is 0 Å². The maximum atomic E-state index is 8.93. The molecule has 0 unspecified atom stereocenters. The van der Waals surface area contributed by atoms with Gasteiger partial charge in [-0.05, 0) is 25.1 Å². The zero-order valence-electron chi connectivity index (χ0n) is 10.1. The van der Waals surface area contributed by atoms with Crippen molar-refractivity contribution in [2.24, 2.45) is 0 Å². The van der Waals surface area contributed by atoms with E-state index in [1.807, 2.05) is 37.3 Å². The van der Waals surface area contributed by atoms with Crippen molar-refractivity contribution in [2.45, 2.75) is 13.5 Å². The maximum Gasteiger partial charge on any atom is 0.147 e. The molecule has 0 radical (unpaired) electrons. The van der Waals surface area contributed by atoms with Crippen molar-refractivity contribution in [3.8, 4) is 11.8 Å². The first-order valence-electron chi connectivity index (χ1n) is 5.54. The Hall–Kier alpha value is -2.54. The van der Waals surface area contributed by atoms with Gasteiger partial charge >= 0.3 is 0 Å². The van der Waals surface area contributed by atoms with E-state index in [9.17, 15) is 0 Å². The van der Waals surface area contributed by atoms with Crippen LogP contribution in [0.2, 0.25) is 0 Å². The number of anilines is 1. The average Bonchev–Trinajstić information content (AvgIpc) is 2.41. The number of nitriles is 1. The number of nitrogens with zero attached hydrogens (tertiary/aromatic N) is 2. The topological polar surface area (TPSA) is 71.9 Å². The van der Waals surface area contributed by atoms with Gasteiger partial charge < -0.3 is 10.5 Å². The first kappa shape index (κ1) is 11.9. The van der Waals surface area contributed by atoms with Gasteiger partial charge in [-0.3, -0.25) is 0 Å². The molecule has 0 bridgehead atoms. The summed E-state index contributed by atoms with van der Waals surface area (Å²) in [5, 5.41) is 8.93. The molecule has 0 amide bonds. The molecule has 0 aliphatic rings. The van der Waals surface area contributed by atoms with Crippen LogP contribution in [0.4, 0.5) is 5.69 Å². The Balaban J connectivity index is 2.17. The van der Waals surface area contributed by atoms with Gasteiger partial charge in [0.2, 0.25) is 0 Å². The quantitative estimate of drug-likeness (QED) is 0.835. The Labute approximate surface area is 106 Å². The normalized spacial score (nSPS) is 9.78. The molecule has 2 rings (SSSR count). The lowest BCUT2D eigenvalue weighted by Crippen LogP contribution is -2.02. The molecule has 4 heteroatoms. The minimum Gasteiger partial charge on any atom is -0.488 e. The van der Waals surface area contributed by atoms with Crippen LogP contribution < -0.4 is 10.5 Å². The molecule has 1 aromatic heterocycles. The van der Waals surface area contributed by atoms with Crippen molar-refractivity contribution in [2.75, 3.05) is 5.73 Å². The van der Waals surface area contributed by atoms with Gasteiger partial charge in [-0.25, -0.2) is 4.98 Å². The highest BCUT2D eigenvalue weighted by atomic mass is 16.5. The monoisotopic (exact) mass is 239 g/mol. The lowest BCUT2D eigenvalue weighted by Gasteiger charge is -2.10. The fraction of sp³-hybridized carbons (Fsp3) is 0.143. The Morgan fingerprint density at radius 3 is 2.94 bits per heavy atom. The first-order valence-corrected chi connectivity index (χ1v) is 5.54. The second-order valence-electron chi connectivity index (χ2n) is 3.88. The SMILES string of the molecule is Cc1c(N)cccc1OCc1cccnc1C#N. The fourth-order valence-electron chi connectivity index (χ4n) is 1.60. The number of hydrogen-bond donors (Lipinski definition) is 1. The Morgan fingerprint density at radius 1 is 1.33 bits per heavy atom. The zero-order chi connectivity index (χ0) is 13.0. The molecule has 90 valence electrons. The first-order chi connectivity index (χ1) is 8.72. The van der Waals surface area contributed by atoms with Crippen molar-refractivity contribution in [1.82, 2.24) is 4.98 Å². The van der Waals surface area contributed by atoms with E-state index in [1.54, 1.807) is 12.3 Å². The summed E-state index contributed by atoms with van der Waals surface area (Å²) in [4.78, 5) is 3.98. The minimum atomic E-state index is 0.307. The third kappa shape index (κ3) is 2.41. The van der Waals surface area contributed by atoms with Crippen LogP contribution in [0, 0.1) is 18.3 Å². The van der Waals surface area contributed by atoms with Crippen LogP contribution in [-0.2, 0) is 6.61 Å². The van der Waals surface area contributed by atoms with Gasteiger partial charge in [0.05, 0.1) is 0 Å². The third-order valence-corrected chi connectivity index (χ3v) is 2.71. The van der Waals surface area contributed by atoms with Crippen molar-refractivity contribution in [3.05, 3.63) is 53.3 Å². The van der Waals surface area contributed by atoms with E-state index in [0.717, 1.165) is 16.9 Å². The van der Waals surface area contributed by atoms with E-state index in [1.165, 1.54) is 0 Å². The molecule has 0 aliphatic heterocycles. The number of benzene rings is 1. The van der Waals surface area contributed by atoms with E-state index in [0.29, 0.717) is 18.0 Å². The van der Waals surface area contributed by atoms with E-state index in [4.69, 9.17) is 15.7 Å². The zero-order valence-corrected chi connectivity index (χ0v) is 10.1. The summed E-state index contributed by atoms with van der Waals surface area (Å²) in [6.07, 6.45) is 1.59. The molecule has 0 fully saturated rings. The lowest BCUT2D eigenvalue weighted by atomic mass is 10.2. The minimum absolute atomic E-state index is 0.307. The summed E-state index contributed by atoms with van der Waals surface area (Å²) < 4.78 is 5.68. The van der Waals surface area contributed by atoms with E-state index in [2.05, 4.69) is 4.98 Å². The fourth-order valence-corrected chi connectivity index (χ4v) is 1.60. The predicted octanol–water partition coefficient (Wildman–Crippen LogP) is 2.42. The highest BCUT2D eigenvalue weighted by Crippen LogP contribution is 2.23. The van der Waals surface area contributed by atoms with Crippen molar-refractivity contribution in [3.63, 3.8) is 0 Å². The van der Waals surface area contributed by atoms with Gasteiger partial charge in [-0.15, -0.1) is 0 Å². The Kier molecular flexibility index (Phi) is 3.44. The van der Waals surface area contributed by atoms with Crippen molar-refractivity contribution in [1.29, 1.82) is 5.26 Å². The summed E-state index contributed by atoms with van der Waals surface area (Å²) in [6.45, 7) is 2.21. The molecule has 0 atom stereocenters. The molecule has 18 heavy (non-hydrogen) atoms. The molecule has 0 spiro atoms. The highest BCUT2D eigenvalue weighted by molar-refractivity contribution is 5.53. The number of ether oxygens (including phenoxy) is 1. The Bertz CT molecular complexity index is 602. The summed E-state index contributed by atoms with van der Waals surface area (Å²) >= 11 is 0. The number of nitrogens with two attached hydrogens (primary N) is 1. The molecule has 0 saturated carbocycles. The number of rotatable bonds is 3. The smallest absolute Gasteiger partial charge is 0.147 e. The van der Waals surface area contributed by atoms with Crippen molar-refractivity contribution >= 4 is 5.69 Å². The van der Waals surface area contributed by atoms with Crippen LogP contribution in [0.3, 0.4) is 0 Å². The lowest BCUT2D eigenvalue weighted by molar-refractivity contribution is 0.303. The molecule has 2 N–H and O–H groups in total. The van der Waals surface area contributed by atoms with Crippen LogP contribution in [0.5, 0.6) is 5.75 Å². The number of nitrogen functional groups attached to an aromatic ring is 1. The molecule has 0 aliphatic carbocycles. The predicted molar refractivity (Wildman–Crippen MR) is 68.9 cm³/mol. The molecule has 1 aromatic carbocycles. The van der Waals surface area contributed by atoms with Gasteiger partial charge in [0.15, 0.2) is 0 Å². The number of hydrogen-bond acceptors (Lipinski definition) is 4. The summed E-state index contributed by atoms with van der Waals surface area (Å²) in [5.74, 6) is 0.725. The maximum absolute atomic E-state index is 8.93. The van der Waals surface area contributed by atoms with Gasteiger partial charge in [0.1, 0.15) is 24.1 Å². The Morgan fingerprint density at radius 2 is 2.17 bits per heavy atom. The summed E-state index contributed by atoms with van der Waals surface area (Å²) in [6, 6.07) is 11.2. The second kappa shape index (κ2) is 5.19. The number of pyridine rings is 1. The van der Waals surface area contributed by atoms with Gasteiger partial charge in [-0.2, -0.15) is 5.26 Å². The van der Waals surface area contributed by atoms with Gasteiger partial charge in [0, 0.05) is 23.0 Å². The van der Waals surface area contributed by atoms with Crippen LogP contribution in [0.15, 0.2) is 36.5 Å². The molecular formula is C14H13N3O. The van der Waals surface area contributed by atoms with Crippen LogP contribution in [0.25, 0.3) is 0 Å². The standard InChI is InChI=1S/C14H13N3O/c1-10-12(16)5-2-6-14(10)18-9-11-4-3-7-17-13(11)8-15/h2-7H,9,16H2,1H3. The van der Waals surface area contributed by atoms with Gasteiger partial charge in [0.25, 0.3) is 0 Å². The molecule has 2 aromatic rings. The highest BCUT2D eigenvalue weighted by Gasteiger charge is 2.06. The molecule has 1 heterocycles. The van der Waals surface area contributed by atoms with Crippen LogP contribution in [0.1, 0.15) is 16.8 Å². The second-order valence-corrected chi connectivity index (χ2v) is 3.88. The summed E-state index contributed by atoms with van der Waals surface area (Å²) in [5.41, 5.74) is 8.55. The largest absolute Gasteiger partial charge is 0.488 e. The molecular weight excluding hydrogens is 226 g/mol. The van der Waals surface area contributed by atoms with Crippen molar-refractivity contribution < 1.29 is 4.74 Å². The average molecular weight is 239 g/mol. The molecule has 0 saturated heterocycles. The van der Waals surface area contributed by atoms with Crippen LogP contribution >= 0.6 is 0 Å². The van der Waals surface area contributed by atoms with E-state index < -0.39 is 0 Å². The third-order valence-electron chi connectivity index (χ3n) is 2.71. The number of aromatic nitrogens is 1. The van der Waals surface area contributed by atoms with Gasteiger partial charge in [-0.1, -0.05) is 12.1 Å². The van der Waals surface area contributed by atoms with E-state index >= 15 is 0 Å². The van der Waals surface area contributed by atoms with Crippen LogP contribution in [-0.4, -0.2) is 4.98 Å².